The Hall–Kier alpha value is -2.35. The summed E-state index contributed by atoms with van der Waals surface area (Å²) in [6, 6.07) is 12.7. The smallest absolute Gasteiger partial charge is 0.326 e. The van der Waals surface area contributed by atoms with Crippen LogP contribution in [-0.4, -0.2) is 53.8 Å². The number of carboxylic acid groups (broad SMARTS) is 1. The molecule has 0 aliphatic heterocycles. The Labute approximate surface area is 238 Å². The molecule has 0 spiro atoms. The van der Waals surface area contributed by atoms with Crippen LogP contribution in [0.5, 0.6) is 0 Å². The van der Waals surface area contributed by atoms with E-state index in [4.69, 9.17) is 9.47 Å². The summed E-state index contributed by atoms with van der Waals surface area (Å²) >= 11 is 1.56. The van der Waals surface area contributed by atoms with Gasteiger partial charge in [0.05, 0.1) is 18.8 Å². The van der Waals surface area contributed by atoms with Gasteiger partial charge in [0.2, 0.25) is 0 Å². The zero-order valence-electron chi connectivity index (χ0n) is 23.9. The summed E-state index contributed by atoms with van der Waals surface area (Å²) in [6.07, 6.45) is 9.52. The van der Waals surface area contributed by atoms with Crippen molar-refractivity contribution in [1.29, 1.82) is 0 Å². The first-order valence-electron chi connectivity index (χ1n) is 14.3. The van der Waals surface area contributed by atoms with Crippen LogP contribution in [-0.2, 0) is 20.9 Å². The quantitative estimate of drug-likeness (QED) is 0.249. The van der Waals surface area contributed by atoms with Crippen molar-refractivity contribution in [2.45, 2.75) is 90.6 Å². The number of carboxylic acids is 1. The Morgan fingerprint density at radius 1 is 1.08 bits per heavy atom. The highest BCUT2D eigenvalue weighted by molar-refractivity contribution is 7.98. The second-order valence-electron chi connectivity index (χ2n) is 10.6. The Morgan fingerprint density at radius 3 is 2.49 bits per heavy atom. The number of carbonyl (C=O) groups is 2. The normalized spacial score (nSPS) is 16.4. The molecule has 6 nitrogen and oxygen atoms in total. The lowest BCUT2D eigenvalue weighted by Crippen LogP contribution is -2.41. The third kappa shape index (κ3) is 9.09. The Morgan fingerprint density at radius 2 is 1.82 bits per heavy atom. The summed E-state index contributed by atoms with van der Waals surface area (Å²) in [5.41, 5.74) is 4.19. The van der Waals surface area contributed by atoms with Crippen molar-refractivity contribution in [2.24, 2.45) is 5.92 Å². The lowest BCUT2D eigenvalue weighted by Gasteiger charge is -2.34. The minimum Gasteiger partial charge on any atom is -0.480 e. The summed E-state index contributed by atoms with van der Waals surface area (Å²) in [6.45, 7) is 7.41. The van der Waals surface area contributed by atoms with Gasteiger partial charge in [0.25, 0.3) is 5.91 Å². The highest BCUT2D eigenvalue weighted by Crippen LogP contribution is 2.32. The molecule has 1 amide bonds. The summed E-state index contributed by atoms with van der Waals surface area (Å²) in [5.74, 6) is -0.220. The largest absolute Gasteiger partial charge is 0.480 e. The number of thioether (sulfide) groups is 1. The number of aryl methyl sites for hydroxylation is 1. The van der Waals surface area contributed by atoms with E-state index in [-0.39, 0.29) is 18.1 Å². The van der Waals surface area contributed by atoms with Crippen LogP contribution < -0.4 is 5.32 Å². The van der Waals surface area contributed by atoms with E-state index in [1.165, 1.54) is 32.1 Å². The molecule has 1 aliphatic rings. The van der Waals surface area contributed by atoms with Crippen LogP contribution in [0.3, 0.4) is 0 Å². The minimum atomic E-state index is -1.02. The first-order chi connectivity index (χ1) is 18.8. The van der Waals surface area contributed by atoms with Gasteiger partial charge in [0.15, 0.2) is 0 Å². The number of hydrogen-bond donors (Lipinski definition) is 2. The molecule has 0 saturated heterocycles. The van der Waals surface area contributed by atoms with Gasteiger partial charge in [0, 0.05) is 12.2 Å². The molecule has 3 atom stereocenters. The van der Waals surface area contributed by atoms with Crippen LogP contribution in [0.4, 0.5) is 0 Å². The SMILES string of the molecule is CCCOC(C1CCCCC1)C(C)OCc1ccc(C(=O)N[C@@H](CCSC)C(=O)O)c(-c2ccccc2C)c1. The van der Waals surface area contributed by atoms with E-state index in [1.807, 2.05) is 49.6 Å². The van der Waals surface area contributed by atoms with Crippen LogP contribution in [0.15, 0.2) is 42.5 Å². The summed E-state index contributed by atoms with van der Waals surface area (Å²) < 4.78 is 12.7. The van der Waals surface area contributed by atoms with E-state index in [9.17, 15) is 14.7 Å². The van der Waals surface area contributed by atoms with E-state index in [0.29, 0.717) is 30.3 Å². The molecule has 0 radical (unpaired) electrons. The molecular weight excluding hydrogens is 510 g/mol. The van der Waals surface area contributed by atoms with E-state index < -0.39 is 12.0 Å². The Balaban J connectivity index is 1.82. The highest BCUT2D eigenvalue weighted by Gasteiger charge is 2.30. The topological polar surface area (TPSA) is 84.9 Å². The van der Waals surface area contributed by atoms with Gasteiger partial charge in [-0.3, -0.25) is 4.79 Å². The molecule has 0 aromatic heterocycles. The van der Waals surface area contributed by atoms with Crippen LogP contribution in [0, 0.1) is 12.8 Å². The number of nitrogens with one attached hydrogen (secondary N) is 1. The fourth-order valence-electron chi connectivity index (χ4n) is 5.40. The third-order valence-corrected chi connectivity index (χ3v) is 8.23. The maximum absolute atomic E-state index is 13.3. The Kier molecular flexibility index (Phi) is 12.8. The summed E-state index contributed by atoms with van der Waals surface area (Å²) in [5, 5.41) is 12.4. The molecule has 2 aromatic rings. The molecule has 2 unspecified atom stereocenters. The highest BCUT2D eigenvalue weighted by atomic mass is 32.2. The molecule has 3 rings (SSSR count). The second kappa shape index (κ2) is 16.0. The predicted molar refractivity (Wildman–Crippen MR) is 159 cm³/mol. The standard InChI is InChI=1S/C32H45NO5S/c1-5-18-37-30(25-12-7-6-8-13-25)23(3)38-21-24-15-16-27(28(20-24)26-14-10-9-11-22(26)2)31(34)33-29(32(35)36)17-19-39-4/h9-11,14-16,20,23,25,29-30H,5-8,12-13,17-19,21H2,1-4H3,(H,33,34)(H,35,36)/t23?,29-,30?/m0/s1. The molecule has 0 bridgehead atoms. The molecule has 7 heteroatoms. The molecule has 39 heavy (non-hydrogen) atoms. The molecule has 214 valence electrons. The van der Waals surface area contributed by atoms with Crippen LogP contribution in [0.1, 0.15) is 80.3 Å². The van der Waals surface area contributed by atoms with Crippen LogP contribution in [0.2, 0.25) is 0 Å². The maximum Gasteiger partial charge on any atom is 0.326 e. The van der Waals surface area contributed by atoms with Gasteiger partial charge in [-0.15, -0.1) is 0 Å². The number of ether oxygens (including phenoxy) is 2. The first kappa shape index (κ1) is 31.2. The first-order valence-corrected chi connectivity index (χ1v) is 15.7. The summed E-state index contributed by atoms with van der Waals surface area (Å²) in [7, 11) is 0. The zero-order chi connectivity index (χ0) is 28.2. The number of benzene rings is 2. The molecule has 0 heterocycles. The van der Waals surface area contributed by atoms with E-state index in [2.05, 4.69) is 19.2 Å². The van der Waals surface area contributed by atoms with Crippen molar-refractivity contribution < 1.29 is 24.2 Å². The van der Waals surface area contributed by atoms with Crippen LogP contribution in [0.25, 0.3) is 11.1 Å². The van der Waals surface area contributed by atoms with E-state index in [0.717, 1.165) is 35.3 Å². The maximum atomic E-state index is 13.3. The average Bonchev–Trinajstić information content (AvgIpc) is 2.94. The van der Waals surface area contributed by atoms with Crippen molar-refractivity contribution in [3.8, 4) is 11.1 Å². The average molecular weight is 556 g/mol. The number of aliphatic carboxylic acids is 1. The molecule has 2 N–H and O–H groups in total. The number of amides is 1. The molecular formula is C32H45NO5S. The number of rotatable bonds is 15. The molecule has 1 saturated carbocycles. The fourth-order valence-corrected chi connectivity index (χ4v) is 5.87. The monoisotopic (exact) mass is 555 g/mol. The molecule has 1 aliphatic carbocycles. The Bertz CT molecular complexity index is 1070. The second-order valence-corrected chi connectivity index (χ2v) is 11.6. The van der Waals surface area contributed by atoms with Gasteiger partial charge in [-0.25, -0.2) is 4.79 Å². The summed E-state index contributed by atoms with van der Waals surface area (Å²) in [4.78, 5) is 25.1. The number of carbonyl (C=O) groups excluding carboxylic acids is 1. The van der Waals surface area contributed by atoms with Gasteiger partial charge in [-0.2, -0.15) is 11.8 Å². The predicted octanol–water partition coefficient (Wildman–Crippen LogP) is 6.88. The lowest BCUT2D eigenvalue weighted by molar-refractivity contribution is -0.139. The van der Waals surface area contributed by atoms with Crippen molar-refractivity contribution in [2.75, 3.05) is 18.6 Å². The van der Waals surface area contributed by atoms with Crippen LogP contribution >= 0.6 is 11.8 Å². The van der Waals surface area contributed by atoms with Gasteiger partial charge in [-0.05, 0) is 91.8 Å². The van der Waals surface area contributed by atoms with Gasteiger partial charge in [0.1, 0.15) is 6.04 Å². The zero-order valence-corrected chi connectivity index (χ0v) is 24.7. The van der Waals surface area contributed by atoms with Crippen molar-refractivity contribution in [3.63, 3.8) is 0 Å². The van der Waals surface area contributed by atoms with Crippen molar-refractivity contribution in [1.82, 2.24) is 5.32 Å². The van der Waals surface area contributed by atoms with E-state index in [1.54, 1.807) is 17.8 Å². The van der Waals surface area contributed by atoms with Crippen molar-refractivity contribution in [3.05, 3.63) is 59.2 Å². The molecule has 2 aromatic carbocycles. The van der Waals surface area contributed by atoms with Gasteiger partial charge >= 0.3 is 5.97 Å². The van der Waals surface area contributed by atoms with Crippen molar-refractivity contribution >= 4 is 23.6 Å². The lowest BCUT2D eigenvalue weighted by atomic mass is 9.83. The molecule has 1 fully saturated rings. The number of hydrogen-bond acceptors (Lipinski definition) is 5. The fraction of sp³-hybridized carbons (Fsp3) is 0.562. The minimum absolute atomic E-state index is 0.0442. The van der Waals surface area contributed by atoms with Gasteiger partial charge in [-0.1, -0.05) is 56.5 Å². The van der Waals surface area contributed by atoms with E-state index >= 15 is 0 Å². The van der Waals surface area contributed by atoms with Gasteiger partial charge < -0.3 is 19.9 Å². The third-order valence-electron chi connectivity index (χ3n) is 7.58.